The van der Waals surface area contributed by atoms with E-state index in [-0.39, 0.29) is 29.3 Å². The molecular weight excluding hydrogens is 366 g/mol. The second-order valence-corrected chi connectivity index (χ2v) is 8.23. The highest BCUT2D eigenvalue weighted by molar-refractivity contribution is 7.92. The predicted octanol–water partition coefficient (Wildman–Crippen LogP) is 2.05. The highest BCUT2D eigenvalue weighted by Gasteiger charge is 2.48. The van der Waals surface area contributed by atoms with Crippen molar-refractivity contribution in [3.8, 4) is 5.75 Å². The summed E-state index contributed by atoms with van der Waals surface area (Å²) in [5.74, 6) is -0.894. The molecule has 0 radical (unpaired) electrons. The molecule has 134 valence electrons. The Bertz CT molecular complexity index is 721. The lowest BCUT2D eigenvalue weighted by molar-refractivity contribution is -0.119. The van der Waals surface area contributed by atoms with Gasteiger partial charge < -0.3 is 15.4 Å². The van der Waals surface area contributed by atoms with Gasteiger partial charge in [-0.1, -0.05) is 11.6 Å². The normalized spacial score (nSPS) is 17.5. The topological polar surface area (TPSA) is 84.5 Å². The van der Waals surface area contributed by atoms with Crippen LogP contribution in [0.5, 0.6) is 5.75 Å². The van der Waals surface area contributed by atoms with E-state index in [1.165, 1.54) is 18.2 Å². The van der Waals surface area contributed by atoms with Crippen molar-refractivity contribution in [3.63, 3.8) is 0 Å². The number of benzene rings is 1. The van der Waals surface area contributed by atoms with Crippen molar-refractivity contribution < 1.29 is 26.7 Å². The van der Waals surface area contributed by atoms with Gasteiger partial charge in [0.05, 0.1) is 5.02 Å². The first-order chi connectivity index (χ1) is 11.2. The van der Waals surface area contributed by atoms with E-state index in [0.29, 0.717) is 13.1 Å². The lowest BCUT2D eigenvalue weighted by Crippen LogP contribution is -2.55. The third kappa shape index (κ3) is 3.96. The average molecular weight is 383 g/mol. The summed E-state index contributed by atoms with van der Waals surface area (Å²) in [7, 11) is -3.65. The van der Waals surface area contributed by atoms with Crippen LogP contribution in [0.2, 0.25) is 5.02 Å². The quantitative estimate of drug-likeness (QED) is 0.814. The van der Waals surface area contributed by atoms with Gasteiger partial charge in [0, 0.05) is 11.9 Å². The minimum Gasteiger partial charge on any atom is -0.433 e. The second-order valence-electron chi connectivity index (χ2n) is 5.49. The Kier molecular flexibility index (Phi) is 5.67. The van der Waals surface area contributed by atoms with Crippen LogP contribution in [0.25, 0.3) is 0 Å². The summed E-state index contributed by atoms with van der Waals surface area (Å²) in [4.78, 5) is 12.6. The number of carbonyl (C=O) groups excluding carboxylic acids is 1. The van der Waals surface area contributed by atoms with Gasteiger partial charge in [0.15, 0.2) is 14.6 Å². The van der Waals surface area contributed by atoms with Crippen LogP contribution in [-0.4, -0.2) is 45.0 Å². The zero-order chi connectivity index (χ0) is 18.0. The molecule has 2 rings (SSSR count). The first kappa shape index (κ1) is 18.9. The summed E-state index contributed by atoms with van der Waals surface area (Å²) in [6, 6.07) is 3.73. The summed E-state index contributed by atoms with van der Waals surface area (Å²) in [5.41, 5.74) is 0.202. The number of nitrogens with one attached hydrogen (secondary N) is 2. The van der Waals surface area contributed by atoms with Crippen LogP contribution in [0.1, 0.15) is 12.8 Å². The lowest BCUT2D eigenvalue weighted by atomic mass is 9.95. The van der Waals surface area contributed by atoms with E-state index in [4.69, 9.17) is 11.6 Å². The molecule has 0 bridgehead atoms. The number of halogens is 3. The summed E-state index contributed by atoms with van der Waals surface area (Å²) in [6.45, 7) is -2.21. The second kappa shape index (κ2) is 7.20. The van der Waals surface area contributed by atoms with Gasteiger partial charge in [-0.3, -0.25) is 4.79 Å². The summed E-state index contributed by atoms with van der Waals surface area (Å²) in [6.07, 6.45) is 1.33. The van der Waals surface area contributed by atoms with Crippen molar-refractivity contribution in [2.45, 2.75) is 24.2 Å². The fourth-order valence-corrected chi connectivity index (χ4v) is 4.17. The number of rotatable bonds is 5. The molecule has 1 aromatic rings. The molecule has 2 N–H and O–H groups in total. The van der Waals surface area contributed by atoms with Crippen molar-refractivity contribution >= 4 is 33.0 Å². The van der Waals surface area contributed by atoms with Gasteiger partial charge in [0.2, 0.25) is 5.91 Å². The minimum absolute atomic E-state index is 0.119. The van der Waals surface area contributed by atoms with Gasteiger partial charge in [-0.05, 0) is 44.1 Å². The van der Waals surface area contributed by atoms with Crippen LogP contribution in [0.15, 0.2) is 18.2 Å². The highest BCUT2D eigenvalue weighted by Crippen LogP contribution is 2.32. The molecular formula is C14H17ClF2N2O4S. The number of amides is 1. The van der Waals surface area contributed by atoms with E-state index in [0.717, 1.165) is 6.26 Å². The molecule has 1 aliphatic heterocycles. The Morgan fingerprint density at radius 3 is 2.50 bits per heavy atom. The number of ether oxygens (including phenoxy) is 1. The molecule has 1 heterocycles. The van der Waals surface area contributed by atoms with Crippen molar-refractivity contribution in [1.82, 2.24) is 5.32 Å². The average Bonchev–Trinajstić information content (AvgIpc) is 2.49. The molecule has 1 aliphatic rings. The van der Waals surface area contributed by atoms with E-state index in [9.17, 15) is 22.0 Å². The van der Waals surface area contributed by atoms with Crippen LogP contribution in [0.3, 0.4) is 0 Å². The number of hydrogen-bond acceptors (Lipinski definition) is 5. The van der Waals surface area contributed by atoms with Crippen molar-refractivity contribution in [2.24, 2.45) is 0 Å². The zero-order valence-electron chi connectivity index (χ0n) is 12.8. The molecule has 0 atom stereocenters. The minimum atomic E-state index is -3.65. The molecule has 6 nitrogen and oxygen atoms in total. The summed E-state index contributed by atoms with van der Waals surface area (Å²) >= 11 is 5.83. The highest BCUT2D eigenvalue weighted by atomic mass is 35.5. The van der Waals surface area contributed by atoms with Gasteiger partial charge in [-0.2, -0.15) is 8.78 Å². The Morgan fingerprint density at radius 1 is 1.38 bits per heavy atom. The number of hydrogen-bond donors (Lipinski definition) is 2. The lowest BCUT2D eigenvalue weighted by Gasteiger charge is -2.34. The molecule has 1 fully saturated rings. The number of carbonyl (C=O) groups is 1. The maximum Gasteiger partial charge on any atom is 0.387 e. The van der Waals surface area contributed by atoms with Gasteiger partial charge in [0.25, 0.3) is 0 Å². The number of alkyl halides is 2. The van der Waals surface area contributed by atoms with Crippen molar-refractivity contribution in [1.29, 1.82) is 0 Å². The molecule has 0 aliphatic carbocycles. The largest absolute Gasteiger partial charge is 0.433 e. The van der Waals surface area contributed by atoms with Gasteiger partial charge in [-0.15, -0.1) is 0 Å². The maximum atomic E-state index is 12.6. The van der Waals surface area contributed by atoms with Gasteiger partial charge in [-0.25, -0.2) is 8.42 Å². The summed E-state index contributed by atoms with van der Waals surface area (Å²) in [5, 5.41) is 5.40. The standard InChI is InChI=1S/C14H17ClF2N2O4S/c1-24(21,22)14(4-6-18-7-5-14)12(20)19-9-2-3-11(10(15)8-9)23-13(16)17/h2-3,8,13,18H,4-7H2,1H3,(H,19,20). The van der Waals surface area contributed by atoms with Gasteiger partial charge in [0.1, 0.15) is 5.75 Å². The van der Waals surface area contributed by atoms with Crippen LogP contribution >= 0.6 is 11.6 Å². The first-order valence-corrected chi connectivity index (χ1v) is 9.39. The van der Waals surface area contributed by atoms with Crippen molar-refractivity contribution in [2.75, 3.05) is 24.7 Å². The Hall–Kier alpha value is -1.45. The summed E-state index contributed by atoms with van der Waals surface area (Å²) < 4.78 is 51.4. The van der Waals surface area contributed by atoms with E-state index in [2.05, 4.69) is 15.4 Å². The molecule has 1 aromatic carbocycles. The van der Waals surface area contributed by atoms with E-state index < -0.39 is 27.1 Å². The fourth-order valence-electron chi connectivity index (χ4n) is 2.61. The van der Waals surface area contributed by atoms with Crippen LogP contribution < -0.4 is 15.4 Å². The molecule has 0 aromatic heterocycles. The third-order valence-corrected chi connectivity index (χ3v) is 6.25. The number of anilines is 1. The Labute approximate surface area is 143 Å². The Balaban J connectivity index is 2.23. The molecule has 0 saturated carbocycles. The van der Waals surface area contributed by atoms with E-state index >= 15 is 0 Å². The smallest absolute Gasteiger partial charge is 0.387 e. The number of piperidine rings is 1. The molecule has 0 unspecified atom stereocenters. The first-order valence-electron chi connectivity index (χ1n) is 7.12. The molecule has 1 saturated heterocycles. The SMILES string of the molecule is CS(=O)(=O)C1(C(=O)Nc2ccc(OC(F)F)c(Cl)c2)CCNCC1. The zero-order valence-corrected chi connectivity index (χ0v) is 14.4. The molecule has 10 heteroatoms. The van der Waals surface area contributed by atoms with E-state index in [1.54, 1.807) is 0 Å². The molecule has 1 amide bonds. The maximum absolute atomic E-state index is 12.6. The monoisotopic (exact) mass is 382 g/mol. The van der Waals surface area contributed by atoms with Crippen LogP contribution in [0, 0.1) is 0 Å². The Morgan fingerprint density at radius 2 is 2.00 bits per heavy atom. The van der Waals surface area contributed by atoms with Crippen molar-refractivity contribution in [3.05, 3.63) is 23.2 Å². The van der Waals surface area contributed by atoms with Crippen LogP contribution in [0.4, 0.5) is 14.5 Å². The fraction of sp³-hybridized carbons (Fsp3) is 0.500. The van der Waals surface area contributed by atoms with Gasteiger partial charge >= 0.3 is 6.61 Å². The third-order valence-electron chi connectivity index (χ3n) is 3.94. The van der Waals surface area contributed by atoms with E-state index in [1.807, 2.05) is 0 Å². The predicted molar refractivity (Wildman–Crippen MR) is 86.4 cm³/mol. The van der Waals surface area contributed by atoms with Crippen LogP contribution in [-0.2, 0) is 14.6 Å². The molecule has 0 spiro atoms. The molecule has 24 heavy (non-hydrogen) atoms. The number of sulfone groups is 1.